The quantitative estimate of drug-likeness (QED) is 0.684. The van der Waals surface area contributed by atoms with Gasteiger partial charge in [-0.25, -0.2) is 4.39 Å². The zero-order chi connectivity index (χ0) is 15.0. The zero-order valence-corrected chi connectivity index (χ0v) is 11.7. The van der Waals surface area contributed by atoms with Crippen molar-refractivity contribution in [2.75, 3.05) is 5.32 Å². The number of halogens is 1. The van der Waals surface area contributed by atoms with E-state index in [4.69, 9.17) is 0 Å². The maximum absolute atomic E-state index is 14.4. The van der Waals surface area contributed by atoms with E-state index in [-0.39, 0.29) is 16.9 Å². The lowest BCUT2D eigenvalue weighted by atomic mass is 9.99. The molecule has 6 heteroatoms. The first-order valence-electron chi connectivity index (χ1n) is 7.00. The number of non-ortho nitro benzene ring substituents is 1. The number of hydrogen-bond donors (Lipinski definition) is 1. The second kappa shape index (κ2) is 4.95. The summed E-state index contributed by atoms with van der Waals surface area (Å²) in [6, 6.07) is 4.20. The average molecular weight is 289 g/mol. The van der Waals surface area contributed by atoms with Gasteiger partial charge in [-0.15, -0.1) is 0 Å². The number of fused-ring (bicyclic) bond motifs is 1. The summed E-state index contributed by atoms with van der Waals surface area (Å²) in [7, 11) is 0. The van der Waals surface area contributed by atoms with Gasteiger partial charge in [0, 0.05) is 11.7 Å². The molecule has 0 bridgehead atoms. The molecule has 5 nitrogen and oxygen atoms in total. The minimum Gasteiger partial charge on any atom is -0.376 e. The molecule has 1 aromatic heterocycles. The Balaban J connectivity index is 2.16. The van der Waals surface area contributed by atoms with E-state index >= 15 is 0 Å². The summed E-state index contributed by atoms with van der Waals surface area (Å²) in [4.78, 5) is 14.7. The van der Waals surface area contributed by atoms with E-state index < -0.39 is 10.7 Å². The molecule has 1 saturated carbocycles. The monoisotopic (exact) mass is 289 g/mol. The number of nitrogens with one attached hydrogen (secondary N) is 1. The van der Waals surface area contributed by atoms with Crippen LogP contribution < -0.4 is 5.32 Å². The van der Waals surface area contributed by atoms with Gasteiger partial charge >= 0.3 is 0 Å². The Morgan fingerprint density at radius 2 is 2.14 bits per heavy atom. The molecule has 1 aliphatic rings. The predicted molar refractivity (Wildman–Crippen MR) is 78.9 cm³/mol. The Morgan fingerprint density at radius 1 is 1.43 bits per heavy atom. The van der Waals surface area contributed by atoms with Gasteiger partial charge in [-0.3, -0.25) is 15.1 Å². The lowest BCUT2D eigenvalue weighted by Gasteiger charge is -2.27. The highest BCUT2D eigenvalue weighted by atomic mass is 19.1. The molecule has 0 aliphatic heterocycles. The highest BCUT2D eigenvalue weighted by molar-refractivity contribution is 5.97. The summed E-state index contributed by atoms with van der Waals surface area (Å²) in [5.41, 5.74) is 0.150. The standard InChI is InChI=1S/C15H16FN3O2/c1-15(6-2-3-7-15)18-14-11(16)9-12(19(20)21)10-5-4-8-17-13(10)14/h4-5,8-9,18H,2-3,6-7H2,1H3. The fourth-order valence-corrected chi connectivity index (χ4v) is 3.05. The normalized spacial score (nSPS) is 17.0. The first-order chi connectivity index (χ1) is 10.0. The Morgan fingerprint density at radius 3 is 2.81 bits per heavy atom. The molecule has 1 N–H and O–H groups in total. The lowest BCUT2D eigenvalue weighted by Crippen LogP contribution is -2.31. The lowest BCUT2D eigenvalue weighted by molar-refractivity contribution is -0.383. The Hall–Kier alpha value is -2.24. The van der Waals surface area contributed by atoms with Crippen molar-refractivity contribution in [3.05, 3.63) is 40.3 Å². The third-order valence-corrected chi connectivity index (χ3v) is 4.15. The number of anilines is 1. The topological polar surface area (TPSA) is 68.1 Å². The van der Waals surface area contributed by atoms with Gasteiger partial charge < -0.3 is 5.32 Å². The Kier molecular flexibility index (Phi) is 3.23. The van der Waals surface area contributed by atoms with E-state index in [9.17, 15) is 14.5 Å². The summed E-state index contributed by atoms with van der Waals surface area (Å²) >= 11 is 0. The summed E-state index contributed by atoms with van der Waals surface area (Å²) < 4.78 is 14.4. The molecule has 2 aromatic rings. The van der Waals surface area contributed by atoms with Crippen LogP contribution in [0.5, 0.6) is 0 Å². The Bertz CT molecular complexity index is 711. The van der Waals surface area contributed by atoms with Crippen LogP contribution in [0.1, 0.15) is 32.6 Å². The third-order valence-electron chi connectivity index (χ3n) is 4.15. The number of pyridine rings is 1. The van der Waals surface area contributed by atoms with E-state index in [0.29, 0.717) is 10.9 Å². The van der Waals surface area contributed by atoms with Crippen molar-refractivity contribution in [3.8, 4) is 0 Å². The van der Waals surface area contributed by atoms with Gasteiger partial charge in [0.1, 0.15) is 5.52 Å². The van der Waals surface area contributed by atoms with Gasteiger partial charge in [0.2, 0.25) is 0 Å². The van der Waals surface area contributed by atoms with Crippen LogP contribution in [-0.2, 0) is 0 Å². The van der Waals surface area contributed by atoms with Crippen molar-refractivity contribution in [1.29, 1.82) is 0 Å². The third kappa shape index (κ3) is 2.41. The molecule has 0 atom stereocenters. The molecular formula is C15H16FN3O2. The number of benzene rings is 1. The molecule has 1 heterocycles. The first-order valence-corrected chi connectivity index (χ1v) is 7.00. The van der Waals surface area contributed by atoms with Crippen LogP contribution in [-0.4, -0.2) is 15.4 Å². The van der Waals surface area contributed by atoms with E-state index in [1.165, 1.54) is 6.20 Å². The highest BCUT2D eigenvalue weighted by Gasteiger charge is 2.31. The van der Waals surface area contributed by atoms with Crippen molar-refractivity contribution in [2.45, 2.75) is 38.1 Å². The predicted octanol–water partition coefficient (Wildman–Crippen LogP) is 4.03. The zero-order valence-electron chi connectivity index (χ0n) is 11.7. The molecular weight excluding hydrogens is 273 g/mol. The second-order valence-corrected chi connectivity index (χ2v) is 5.80. The molecule has 0 spiro atoms. The average Bonchev–Trinajstić information content (AvgIpc) is 2.88. The molecule has 0 radical (unpaired) electrons. The molecule has 0 amide bonds. The van der Waals surface area contributed by atoms with E-state index in [1.807, 2.05) is 0 Å². The van der Waals surface area contributed by atoms with Gasteiger partial charge in [-0.2, -0.15) is 0 Å². The summed E-state index contributed by atoms with van der Waals surface area (Å²) in [6.07, 6.45) is 5.64. The molecule has 1 aliphatic carbocycles. The SMILES string of the molecule is CC1(Nc2c(F)cc([N+](=O)[O-])c3cccnc23)CCCC1. The molecule has 110 valence electrons. The summed E-state index contributed by atoms with van der Waals surface area (Å²) in [5, 5.41) is 14.7. The van der Waals surface area contributed by atoms with Crippen LogP contribution in [0.15, 0.2) is 24.4 Å². The molecule has 3 rings (SSSR count). The second-order valence-electron chi connectivity index (χ2n) is 5.80. The summed E-state index contributed by atoms with van der Waals surface area (Å²) in [6.45, 7) is 2.05. The van der Waals surface area contributed by atoms with Gasteiger partial charge in [-0.1, -0.05) is 12.8 Å². The number of nitrogens with zero attached hydrogens (tertiary/aromatic N) is 2. The number of hydrogen-bond acceptors (Lipinski definition) is 4. The van der Waals surface area contributed by atoms with E-state index in [1.54, 1.807) is 12.1 Å². The largest absolute Gasteiger partial charge is 0.376 e. The minimum absolute atomic E-state index is 0.179. The number of nitro benzene ring substituents is 1. The van der Waals surface area contributed by atoms with E-state index in [0.717, 1.165) is 31.7 Å². The smallest absolute Gasteiger partial charge is 0.281 e. The fourth-order valence-electron chi connectivity index (χ4n) is 3.05. The number of rotatable bonds is 3. The van der Waals surface area contributed by atoms with E-state index in [2.05, 4.69) is 17.2 Å². The molecule has 1 aromatic carbocycles. The summed E-state index contributed by atoms with van der Waals surface area (Å²) in [5.74, 6) is -0.624. The highest BCUT2D eigenvalue weighted by Crippen LogP contribution is 2.38. The van der Waals surface area contributed by atoms with Crippen molar-refractivity contribution in [2.24, 2.45) is 0 Å². The van der Waals surface area contributed by atoms with Gasteiger partial charge in [-0.05, 0) is 31.9 Å². The van der Waals surface area contributed by atoms with Crippen LogP contribution in [0.3, 0.4) is 0 Å². The maximum atomic E-state index is 14.4. The van der Waals surface area contributed by atoms with Gasteiger partial charge in [0.05, 0.1) is 22.1 Å². The molecule has 0 unspecified atom stereocenters. The van der Waals surface area contributed by atoms with Crippen LogP contribution in [0.2, 0.25) is 0 Å². The molecule has 0 saturated heterocycles. The maximum Gasteiger partial charge on any atom is 0.281 e. The van der Waals surface area contributed by atoms with Gasteiger partial charge in [0.15, 0.2) is 5.82 Å². The minimum atomic E-state index is -0.624. The van der Waals surface area contributed by atoms with Gasteiger partial charge in [0.25, 0.3) is 5.69 Å². The van der Waals surface area contributed by atoms with Crippen LogP contribution in [0.4, 0.5) is 15.8 Å². The van der Waals surface area contributed by atoms with Crippen molar-refractivity contribution in [3.63, 3.8) is 0 Å². The fraction of sp³-hybridized carbons (Fsp3) is 0.400. The number of aromatic nitrogens is 1. The Labute approximate surface area is 121 Å². The van der Waals surface area contributed by atoms with Crippen LogP contribution >= 0.6 is 0 Å². The van der Waals surface area contributed by atoms with Crippen LogP contribution in [0.25, 0.3) is 10.9 Å². The first kappa shape index (κ1) is 13.7. The van der Waals surface area contributed by atoms with Crippen molar-refractivity contribution < 1.29 is 9.31 Å². The van der Waals surface area contributed by atoms with Crippen LogP contribution in [0, 0.1) is 15.9 Å². The number of nitro groups is 1. The molecule has 1 fully saturated rings. The van der Waals surface area contributed by atoms with Crippen molar-refractivity contribution >= 4 is 22.3 Å². The molecule has 21 heavy (non-hydrogen) atoms. The van der Waals surface area contributed by atoms with Crippen molar-refractivity contribution in [1.82, 2.24) is 4.98 Å².